The van der Waals surface area contributed by atoms with E-state index in [1.807, 2.05) is 12.1 Å². The number of pyridine rings is 1. The first-order valence-corrected chi connectivity index (χ1v) is 18.9. The Morgan fingerprint density at radius 2 is 1.87 bits per heavy atom. The third kappa shape index (κ3) is 7.49. The molecule has 0 radical (unpaired) electrons. The van der Waals surface area contributed by atoms with Gasteiger partial charge in [-0.25, -0.2) is 22.1 Å². The van der Waals surface area contributed by atoms with Crippen LogP contribution in [0.5, 0.6) is 0 Å². The third-order valence-corrected chi connectivity index (χ3v) is 12.4. The lowest BCUT2D eigenvalue weighted by molar-refractivity contribution is 0.376. The van der Waals surface area contributed by atoms with Gasteiger partial charge in [-0.2, -0.15) is 4.98 Å². The second kappa shape index (κ2) is 13.6. The number of sulfonamides is 1. The van der Waals surface area contributed by atoms with Crippen LogP contribution in [0.2, 0.25) is 0 Å². The van der Waals surface area contributed by atoms with Crippen LogP contribution < -0.4 is 16.2 Å². The molecule has 2 atom stereocenters. The largest absolute Gasteiger partial charge is 0.324 e. The molecule has 2 aromatic heterocycles. The summed E-state index contributed by atoms with van der Waals surface area (Å²) in [6.45, 7) is 5.57. The van der Waals surface area contributed by atoms with Crippen LogP contribution in [-0.4, -0.2) is 75.5 Å². The second-order valence-corrected chi connectivity index (χ2v) is 17.2. The number of benzene rings is 2. The van der Waals surface area contributed by atoms with Crippen molar-refractivity contribution < 1.29 is 17.0 Å². The van der Waals surface area contributed by atoms with Gasteiger partial charge < -0.3 is 10.6 Å². The highest BCUT2D eigenvalue weighted by Gasteiger charge is 2.21. The van der Waals surface area contributed by atoms with E-state index in [2.05, 4.69) is 38.6 Å². The van der Waals surface area contributed by atoms with Gasteiger partial charge in [0, 0.05) is 53.1 Å². The van der Waals surface area contributed by atoms with Crippen molar-refractivity contribution in [2.24, 2.45) is 5.92 Å². The summed E-state index contributed by atoms with van der Waals surface area (Å²) in [5.41, 5.74) is 1.81. The number of piperidine rings is 1. The molecule has 46 heavy (non-hydrogen) atoms. The number of anilines is 2. The molecule has 1 aliphatic rings. The molecule has 4 aromatic rings. The van der Waals surface area contributed by atoms with Crippen LogP contribution in [0.15, 0.2) is 64.4 Å². The molecular weight excluding hydrogens is 628 g/mol. The zero-order valence-electron chi connectivity index (χ0n) is 26.6. The molecule has 13 heteroatoms. The Morgan fingerprint density at radius 1 is 1.13 bits per heavy atom. The van der Waals surface area contributed by atoms with E-state index in [0.717, 1.165) is 41.8 Å². The molecule has 0 aliphatic carbocycles. The Kier molecular flexibility index (Phi) is 9.97. The number of hydrogen-bond acceptors (Lipinski definition) is 8. The summed E-state index contributed by atoms with van der Waals surface area (Å²) in [4.78, 5) is 23.3. The lowest BCUT2D eigenvalue weighted by atomic mass is 9.92. The smallest absolute Gasteiger partial charge is 0.260 e. The lowest BCUT2D eigenvalue weighted by Gasteiger charge is -2.22. The van der Waals surface area contributed by atoms with E-state index in [1.165, 1.54) is 48.2 Å². The van der Waals surface area contributed by atoms with Crippen LogP contribution in [-0.2, 0) is 32.5 Å². The van der Waals surface area contributed by atoms with Gasteiger partial charge in [0.1, 0.15) is 11.5 Å². The molecule has 0 saturated carbocycles. The van der Waals surface area contributed by atoms with Crippen molar-refractivity contribution in [2.45, 2.75) is 49.8 Å². The minimum absolute atomic E-state index is 0.0125. The van der Waals surface area contributed by atoms with Crippen molar-refractivity contribution in [3.63, 3.8) is 0 Å². The summed E-state index contributed by atoms with van der Waals surface area (Å²) >= 11 is 0. The quantitative estimate of drug-likeness (QED) is 0.227. The molecule has 2 unspecified atom stereocenters. The normalized spacial score (nSPS) is 17.0. The fourth-order valence-electron chi connectivity index (χ4n) is 5.51. The number of likely N-dealkylation sites (N-methyl/N-ethyl adjacent to an activating group) is 1. The maximum Gasteiger partial charge on any atom is 0.260 e. The van der Waals surface area contributed by atoms with Crippen molar-refractivity contribution in [3.05, 3.63) is 76.5 Å². The minimum atomic E-state index is -3.52. The Morgan fingerprint density at radius 3 is 2.50 bits per heavy atom. The number of aromatic nitrogens is 3. The van der Waals surface area contributed by atoms with Gasteiger partial charge >= 0.3 is 0 Å². The highest BCUT2D eigenvalue weighted by molar-refractivity contribution is 8.00. The molecule has 0 spiro atoms. The summed E-state index contributed by atoms with van der Waals surface area (Å²) in [7, 11) is -4.84. The van der Waals surface area contributed by atoms with Gasteiger partial charge in [-0.05, 0) is 89.6 Å². The molecule has 2 N–H and O–H groups in total. The Labute approximate surface area is 270 Å². The van der Waals surface area contributed by atoms with Gasteiger partial charge in [0.05, 0.1) is 11.8 Å². The first kappa shape index (κ1) is 33.7. The van der Waals surface area contributed by atoms with Crippen molar-refractivity contribution in [2.75, 3.05) is 38.3 Å². The van der Waals surface area contributed by atoms with Gasteiger partial charge in [-0.3, -0.25) is 13.6 Å². The lowest BCUT2D eigenvalue weighted by Crippen LogP contribution is -2.33. The van der Waals surface area contributed by atoms with Crippen molar-refractivity contribution in [1.82, 2.24) is 24.2 Å². The monoisotopic (exact) mass is 668 g/mol. The van der Waals surface area contributed by atoms with E-state index in [-0.39, 0.29) is 46.0 Å². The average Bonchev–Trinajstić information content (AvgIpc) is 3.01. The fraction of sp³-hybridized carbons (Fsp3) is 0.394. The van der Waals surface area contributed by atoms with Gasteiger partial charge in [0.2, 0.25) is 16.0 Å². The summed E-state index contributed by atoms with van der Waals surface area (Å²) < 4.78 is 55.3. The third-order valence-electron chi connectivity index (χ3n) is 8.56. The molecular formula is C33H41FN6O4S2. The van der Waals surface area contributed by atoms with E-state index >= 15 is 4.39 Å². The van der Waals surface area contributed by atoms with Crippen molar-refractivity contribution in [3.8, 4) is 11.1 Å². The molecule has 1 saturated heterocycles. The Hall–Kier alpha value is -3.65. The van der Waals surface area contributed by atoms with Crippen LogP contribution in [0.1, 0.15) is 32.3 Å². The highest BCUT2D eigenvalue weighted by atomic mass is 32.2. The predicted octanol–water partition coefficient (Wildman–Crippen LogP) is 4.26. The number of rotatable bonds is 11. The number of fused-ring (bicyclic) bond motifs is 1. The summed E-state index contributed by atoms with van der Waals surface area (Å²) in [5, 5.41) is 6.81. The first-order chi connectivity index (χ1) is 21.7. The second-order valence-electron chi connectivity index (χ2n) is 12.2. The molecule has 1 aliphatic heterocycles. The SMILES string of the molecule is C=S(=O)(c1ccc(-c2cc3cnc(Nc4ccc(CC5CCCNC5)cc4)nc3n(CCN(C)S(C)(=O)=O)c2=O)c(F)c1)C(C)C. The molecule has 10 nitrogen and oxygen atoms in total. The molecule has 3 heterocycles. The van der Waals surface area contributed by atoms with E-state index in [0.29, 0.717) is 11.3 Å². The van der Waals surface area contributed by atoms with E-state index in [4.69, 9.17) is 0 Å². The maximum atomic E-state index is 15.5. The molecule has 1 fully saturated rings. The maximum absolute atomic E-state index is 15.5. The predicted molar refractivity (Wildman–Crippen MR) is 184 cm³/mol. The molecule has 2 aromatic carbocycles. The molecule has 5 rings (SSSR count). The topological polar surface area (TPSA) is 126 Å². The standard InChI is InChI=1S/C33H41FN6O4S2/c1-22(2)45(4,42)27-12-13-28(30(34)19-27)29-18-25-21-36-33(38-31(25)40(32(29)41)16-15-39(3)46(5,43)44)37-26-10-8-23(9-11-26)17-24-7-6-14-35-20-24/h8-13,18-19,21-22,24,35H,4,6-7,14-17,20H2,1-3,5H3,(H,36,37,38). The van der Waals surface area contributed by atoms with E-state index < -0.39 is 30.9 Å². The Balaban J connectivity index is 1.50. The fourth-order valence-corrected chi connectivity index (χ4v) is 7.07. The zero-order chi connectivity index (χ0) is 33.2. The molecule has 0 bridgehead atoms. The first-order valence-electron chi connectivity index (χ1n) is 15.3. The van der Waals surface area contributed by atoms with Gasteiger partial charge in [-0.15, -0.1) is 0 Å². The molecule has 0 amide bonds. The van der Waals surface area contributed by atoms with Crippen LogP contribution in [0.25, 0.3) is 22.2 Å². The Bertz CT molecular complexity index is 2010. The van der Waals surface area contributed by atoms with E-state index in [1.54, 1.807) is 20.0 Å². The van der Waals surface area contributed by atoms with Crippen LogP contribution >= 0.6 is 0 Å². The van der Waals surface area contributed by atoms with Gasteiger partial charge in [0.25, 0.3) is 5.56 Å². The van der Waals surface area contributed by atoms with Crippen LogP contribution in [0, 0.1) is 11.7 Å². The number of nitrogens with one attached hydrogen (secondary N) is 2. The number of hydrogen-bond donors (Lipinski definition) is 2. The minimum Gasteiger partial charge on any atom is -0.324 e. The summed E-state index contributed by atoms with van der Waals surface area (Å²) in [6.07, 6.45) is 6.05. The molecule has 246 valence electrons. The van der Waals surface area contributed by atoms with Gasteiger partial charge in [0.15, 0.2) is 0 Å². The highest BCUT2D eigenvalue weighted by Crippen LogP contribution is 2.27. The van der Waals surface area contributed by atoms with Crippen LogP contribution in [0.4, 0.5) is 16.0 Å². The summed E-state index contributed by atoms with van der Waals surface area (Å²) in [6, 6.07) is 13.7. The number of nitrogens with zero attached hydrogens (tertiary/aromatic N) is 4. The van der Waals surface area contributed by atoms with Gasteiger partial charge in [-0.1, -0.05) is 32.0 Å². The van der Waals surface area contributed by atoms with Crippen molar-refractivity contribution in [1.29, 1.82) is 0 Å². The van der Waals surface area contributed by atoms with Crippen LogP contribution in [0.3, 0.4) is 0 Å². The number of halogens is 1. The van der Waals surface area contributed by atoms with E-state index in [9.17, 15) is 17.4 Å². The zero-order valence-corrected chi connectivity index (χ0v) is 28.3. The van der Waals surface area contributed by atoms with Crippen molar-refractivity contribution >= 4 is 48.1 Å². The summed E-state index contributed by atoms with van der Waals surface area (Å²) in [5.74, 6) is 3.96. The average molecular weight is 669 g/mol.